The van der Waals surface area contributed by atoms with Crippen LogP contribution in [-0.4, -0.2) is 71.9 Å². The number of hydrogen-bond donors (Lipinski definition) is 2. The molecule has 2 aromatic carbocycles. The summed E-state index contributed by atoms with van der Waals surface area (Å²) in [6, 6.07) is 19.1. The number of hydrogen-bond acceptors (Lipinski definition) is 7. The Morgan fingerprint density at radius 3 is 2.72 bits per heavy atom. The molecule has 4 aromatic rings. The van der Waals surface area contributed by atoms with E-state index in [9.17, 15) is 4.79 Å². The number of nitrogens with one attached hydrogen (secondary N) is 2. The van der Waals surface area contributed by atoms with Gasteiger partial charge in [-0.1, -0.05) is 12.1 Å². The van der Waals surface area contributed by atoms with Gasteiger partial charge in [0.1, 0.15) is 5.75 Å². The second kappa shape index (κ2) is 11.2. The van der Waals surface area contributed by atoms with Gasteiger partial charge in [0.25, 0.3) is 5.91 Å². The molecule has 0 aliphatic carbocycles. The third-order valence-corrected chi connectivity index (χ3v) is 6.19. The van der Waals surface area contributed by atoms with E-state index in [4.69, 9.17) is 14.5 Å². The van der Waals surface area contributed by atoms with Crippen molar-refractivity contribution >= 4 is 23.2 Å². The van der Waals surface area contributed by atoms with E-state index in [0.29, 0.717) is 18.1 Å². The van der Waals surface area contributed by atoms with Crippen molar-refractivity contribution in [3.63, 3.8) is 0 Å². The van der Waals surface area contributed by atoms with Gasteiger partial charge >= 0.3 is 0 Å². The Morgan fingerprint density at radius 1 is 1.08 bits per heavy atom. The monoisotopic (exact) mass is 486 g/mol. The number of methoxy groups -OCH3 is 1. The number of rotatable bonds is 9. The smallest absolute Gasteiger partial charge is 0.251 e. The van der Waals surface area contributed by atoms with Gasteiger partial charge in [-0.25, -0.2) is 4.52 Å². The third-order valence-electron chi connectivity index (χ3n) is 6.19. The molecule has 0 unspecified atom stereocenters. The zero-order valence-corrected chi connectivity index (χ0v) is 20.3. The highest BCUT2D eigenvalue weighted by Crippen LogP contribution is 2.27. The predicted octanol–water partition coefficient (Wildman–Crippen LogP) is 3.60. The Balaban J connectivity index is 1.20. The molecule has 0 atom stereocenters. The van der Waals surface area contributed by atoms with Crippen LogP contribution >= 0.6 is 0 Å². The van der Waals surface area contributed by atoms with Crippen LogP contribution in [0.5, 0.6) is 5.75 Å². The number of amides is 1. The number of carbonyl (C=O) groups excluding carboxylic acids is 1. The van der Waals surface area contributed by atoms with Crippen LogP contribution in [0.15, 0.2) is 66.9 Å². The number of benzene rings is 2. The Bertz CT molecular complexity index is 1310. The minimum absolute atomic E-state index is 0.0719. The maximum Gasteiger partial charge on any atom is 0.251 e. The van der Waals surface area contributed by atoms with Gasteiger partial charge in [0.2, 0.25) is 5.95 Å². The minimum Gasteiger partial charge on any atom is -0.497 e. The highest BCUT2D eigenvalue weighted by molar-refractivity contribution is 5.94. The van der Waals surface area contributed by atoms with E-state index in [1.807, 2.05) is 54.7 Å². The largest absolute Gasteiger partial charge is 0.497 e. The Labute approximate surface area is 210 Å². The van der Waals surface area contributed by atoms with Crippen molar-refractivity contribution in [2.75, 3.05) is 51.8 Å². The summed E-state index contributed by atoms with van der Waals surface area (Å²) in [6.07, 6.45) is 2.78. The lowest BCUT2D eigenvalue weighted by Crippen LogP contribution is -2.38. The summed E-state index contributed by atoms with van der Waals surface area (Å²) in [4.78, 5) is 19.6. The van der Waals surface area contributed by atoms with Gasteiger partial charge < -0.3 is 20.1 Å². The van der Waals surface area contributed by atoms with Crippen molar-refractivity contribution in [2.24, 2.45) is 0 Å². The Kier molecular flexibility index (Phi) is 7.39. The number of carbonyl (C=O) groups is 1. The quantitative estimate of drug-likeness (QED) is 0.349. The van der Waals surface area contributed by atoms with Gasteiger partial charge in [-0.15, -0.1) is 5.10 Å². The van der Waals surface area contributed by atoms with Crippen molar-refractivity contribution in [3.8, 4) is 16.9 Å². The van der Waals surface area contributed by atoms with Crippen molar-refractivity contribution < 1.29 is 14.3 Å². The maximum atomic E-state index is 12.5. The molecule has 1 amide bonds. The molecule has 0 spiro atoms. The molecule has 1 fully saturated rings. The molecule has 9 nitrogen and oxygen atoms in total. The van der Waals surface area contributed by atoms with Gasteiger partial charge in [-0.3, -0.25) is 9.69 Å². The van der Waals surface area contributed by atoms with E-state index in [1.165, 1.54) is 0 Å². The van der Waals surface area contributed by atoms with Gasteiger partial charge in [0, 0.05) is 42.6 Å². The van der Waals surface area contributed by atoms with Crippen LogP contribution < -0.4 is 15.4 Å². The second-order valence-corrected chi connectivity index (χ2v) is 8.62. The molecule has 36 heavy (non-hydrogen) atoms. The Hall–Kier alpha value is -3.95. The summed E-state index contributed by atoms with van der Waals surface area (Å²) in [7, 11) is 1.65. The van der Waals surface area contributed by atoms with Crippen LogP contribution in [0.1, 0.15) is 16.8 Å². The Morgan fingerprint density at radius 2 is 1.92 bits per heavy atom. The predicted molar refractivity (Wildman–Crippen MR) is 139 cm³/mol. The molecule has 186 valence electrons. The van der Waals surface area contributed by atoms with E-state index in [0.717, 1.165) is 67.5 Å². The fraction of sp³-hybridized carbons (Fsp3) is 0.296. The molecule has 1 aliphatic heterocycles. The molecule has 2 N–H and O–H groups in total. The topological polar surface area (TPSA) is 93.0 Å². The van der Waals surface area contributed by atoms with Gasteiger partial charge in [-0.2, -0.15) is 4.98 Å². The molecule has 1 aliphatic rings. The minimum atomic E-state index is -0.0719. The standard InChI is InChI=1S/C27H30N6O3/c1-35-23-6-2-5-21(19-23)24-7-3-14-33-25(24)30-27(31-33)29-22-10-8-20(9-11-22)26(34)28-12-4-13-32-15-17-36-18-16-32/h2-3,5-11,14,19H,4,12-13,15-18H2,1H3,(H,28,34)(H,29,31). The molecule has 1 saturated heterocycles. The molecule has 0 saturated carbocycles. The lowest BCUT2D eigenvalue weighted by Gasteiger charge is -2.26. The van der Waals surface area contributed by atoms with Gasteiger partial charge in [-0.05, 0) is 67.1 Å². The van der Waals surface area contributed by atoms with Crippen LogP contribution in [0, 0.1) is 0 Å². The molecule has 3 heterocycles. The van der Waals surface area contributed by atoms with Crippen molar-refractivity contribution in [2.45, 2.75) is 6.42 Å². The lowest BCUT2D eigenvalue weighted by atomic mass is 10.1. The summed E-state index contributed by atoms with van der Waals surface area (Å²) in [5, 5.41) is 10.8. The summed E-state index contributed by atoms with van der Waals surface area (Å²) in [6.45, 7) is 5.13. The zero-order chi connectivity index (χ0) is 24.7. The number of ether oxygens (including phenoxy) is 2. The molecular weight excluding hydrogens is 456 g/mol. The lowest BCUT2D eigenvalue weighted by molar-refractivity contribution is 0.0374. The van der Waals surface area contributed by atoms with Crippen molar-refractivity contribution in [1.29, 1.82) is 0 Å². The number of aromatic nitrogens is 3. The van der Waals surface area contributed by atoms with E-state index < -0.39 is 0 Å². The summed E-state index contributed by atoms with van der Waals surface area (Å²) < 4.78 is 12.5. The summed E-state index contributed by atoms with van der Waals surface area (Å²) in [5.41, 5.74) is 4.12. The van der Waals surface area contributed by atoms with E-state index in [2.05, 4.69) is 20.6 Å². The second-order valence-electron chi connectivity index (χ2n) is 8.62. The fourth-order valence-corrected chi connectivity index (χ4v) is 4.24. The average molecular weight is 487 g/mol. The number of morpholine rings is 1. The number of pyridine rings is 1. The molecule has 0 radical (unpaired) electrons. The third kappa shape index (κ3) is 5.64. The van der Waals surface area contributed by atoms with Gasteiger partial charge in [0.15, 0.2) is 5.65 Å². The normalized spacial score (nSPS) is 14.0. The van der Waals surface area contributed by atoms with Crippen LogP contribution in [0.2, 0.25) is 0 Å². The SMILES string of the molecule is COc1cccc(-c2cccn3nc(Nc4ccc(C(=O)NCCCN5CCOCC5)cc4)nc23)c1. The molecule has 2 aromatic heterocycles. The maximum absolute atomic E-state index is 12.5. The first-order valence-corrected chi connectivity index (χ1v) is 12.1. The highest BCUT2D eigenvalue weighted by Gasteiger charge is 2.12. The zero-order valence-electron chi connectivity index (χ0n) is 20.3. The van der Waals surface area contributed by atoms with Gasteiger partial charge in [0.05, 0.1) is 20.3 Å². The average Bonchev–Trinajstić information content (AvgIpc) is 3.34. The first-order valence-electron chi connectivity index (χ1n) is 12.1. The van der Waals surface area contributed by atoms with Crippen LogP contribution in [0.25, 0.3) is 16.8 Å². The number of nitrogens with zero attached hydrogens (tertiary/aromatic N) is 4. The summed E-state index contributed by atoms with van der Waals surface area (Å²) in [5.74, 6) is 1.19. The van der Waals surface area contributed by atoms with Crippen molar-refractivity contribution in [1.82, 2.24) is 24.8 Å². The van der Waals surface area contributed by atoms with E-state index >= 15 is 0 Å². The summed E-state index contributed by atoms with van der Waals surface area (Å²) >= 11 is 0. The van der Waals surface area contributed by atoms with Crippen LogP contribution in [0.3, 0.4) is 0 Å². The van der Waals surface area contributed by atoms with E-state index in [1.54, 1.807) is 23.8 Å². The van der Waals surface area contributed by atoms with Crippen LogP contribution in [-0.2, 0) is 4.74 Å². The first kappa shape index (κ1) is 23.8. The fourth-order valence-electron chi connectivity index (χ4n) is 4.24. The molecular formula is C27H30N6O3. The highest BCUT2D eigenvalue weighted by atomic mass is 16.5. The number of anilines is 2. The first-order chi connectivity index (χ1) is 17.7. The van der Waals surface area contributed by atoms with E-state index in [-0.39, 0.29) is 5.91 Å². The van der Waals surface area contributed by atoms with Crippen molar-refractivity contribution in [3.05, 3.63) is 72.4 Å². The molecule has 5 rings (SSSR count). The van der Waals surface area contributed by atoms with Crippen LogP contribution in [0.4, 0.5) is 11.6 Å². The molecule has 9 heteroatoms. The number of fused-ring (bicyclic) bond motifs is 1. The molecule has 0 bridgehead atoms.